The zero-order chi connectivity index (χ0) is 22.7. The zero-order valence-electron chi connectivity index (χ0n) is 17.8. The van der Waals surface area contributed by atoms with Crippen molar-refractivity contribution < 1.29 is 22.7 Å². The quantitative estimate of drug-likeness (QED) is 0.360. The molecule has 2 amide bonds. The number of nitrogens with one attached hydrogen (secondary N) is 3. The summed E-state index contributed by atoms with van der Waals surface area (Å²) < 4.78 is 31.4. The Morgan fingerprint density at radius 2 is 1.55 bits per heavy atom. The van der Waals surface area contributed by atoms with Gasteiger partial charge in [-0.05, 0) is 55.8 Å². The molecule has 0 atom stereocenters. The van der Waals surface area contributed by atoms with Gasteiger partial charge >= 0.3 is 0 Å². The van der Waals surface area contributed by atoms with E-state index in [-0.39, 0.29) is 17.0 Å². The van der Waals surface area contributed by atoms with E-state index in [2.05, 4.69) is 22.5 Å². The lowest BCUT2D eigenvalue weighted by atomic mass is 10.2. The Labute approximate surface area is 183 Å². The Bertz CT molecular complexity index is 975. The average Bonchev–Trinajstić information content (AvgIpc) is 2.77. The van der Waals surface area contributed by atoms with E-state index in [0.717, 1.165) is 12.8 Å². The molecular formula is C22H29N3O5S. The van der Waals surface area contributed by atoms with E-state index in [1.165, 1.54) is 38.0 Å². The van der Waals surface area contributed by atoms with E-state index in [0.29, 0.717) is 17.9 Å². The zero-order valence-corrected chi connectivity index (χ0v) is 18.6. The van der Waals surface area contributed by atoms with Gasteiger partial charge in [0, 0.05) is 16.8 Å². The van der Waals surface area contributed by atoms with Gasteiger partial charge in [-0.15, -0.1) is 0 Å². The van der Waals surface area contributed by atoms with Gasteiger partial charge in [0.25, 0.3) is 11.8 Å². The number of hydrazine groups is 1. The summed E-state index contributed by atoms with van der Waals surface area (Å²) >= 11 is 0. The summed E-state index contributed by atoms with van der Waals surface area (Å²) in [7, 11) is -3.45. The predicted molar refractivity (Wildman–Crippen MR) is 121 cm³/mol. The van der Waals surface area contributed by atoms with Crippen molar-refractivity contribution in [3.63, 3.8) is 0 Å². The van der Waals surface area contributed by atoms with Gasteiger partial charge in [0.1, 0.15) is 5.75 Å². The number of benzene rings is 2. The highest BCUT2D eigenvalue weighted by Gasteiger charge is 2.12. The summed E-state index contributed by atoms with van der Waals surface area (Å²) in [5.41, 5.74) is 5.50. The summed E-state index contributed by atoms with van der Waals surface area (Å²) in [6.45, 7) is 4.30. The van der Waals surface area contributed by atoms with Gasteiger partial charge in [-0.2, -0.15) is 0 Å². The minimum absolute atomic E-state index is 0.0812. The number of rotatable bonds is 11. The van der Waals surface area contributed by atoms with E-state index >= 15 is 0 Å². The highest BCUT2D eigenvalue weighted by atomic mass is 32.2. The van der Waals surface area contributed by atoms with Crippen LogP contribution in [0.3, 0.4) is 0 Å². The molecular weight excluding hydrogens is 418 g/mol. The third-order valence-corrected chi connectivity index (χ3v) is 5.76. The van der Waals surface area contributed by atoms with E-state index < -0.39 is 21.8 Å². The number of sulfonamides is 1. The molecule has 0 saturated carbocycles. The lowest BCUT2D eigenvalue weighted by Gasteiger charge is -2.10. The van der Waals surface area contributed by atoms with Crippen LogP contribution in [0.15, 0.2) is 48.5 Å². The van der Waals surface area contributed by atoms with E-state index in [1.54, 1.807) is 30.3 Å². The minimum atomic E-state index is -3.45. The molecule has 0 spiro atoms. The van der Waals surface area contributed by atoms with Crippen LogP contribution in [0.5, 0.6) is 5.75 Å². The second-order valence-electron chi connectivity index (χ2n) is 6.93. The van der Waals surface area contributed by atoms with Crippen molar-refractivity contribution in [3.05, 3.63) is 59.7 Å². The van der Waals surface area contributed by atoms with E-state index in [4.69, 9.17) is 4.74 Å². The summed E-state index contributed by atoms with van der Waals surface area (Å²) in [4.78, 5) is 24.6. The fraction of sp³-hybridized carbons (Fsp3) is 0.364. The Morgan fingerprint density at radius 3 is 2.19 bits per heavy atom. The number of anilines is 1. The van der Waals surface area contributed by atoms with Crippen LogP contribution in [0.25, 0.3) is 0 Å². The van der Waals surface area contributed by atoms with Gasteiger partial charge in [0.15, 0.2) is 0 Å². The first-order chi connectivity index (χ1) is 14.8. The normalized spacial score (nSPS) is 10.9. The van der Waals surface area contributed by atoms with Crippen molar-refractivity contribution in [2.75, 3.05) is 17.1 Å². The van der Waals surface area contributed by atoms with Gasteiger partial charge < -0.3 is 4.74 Å². The van der Waals surface area contributed by atoms with Gasteiger partial charge in [-0.1, -0.05) is 32.3 Å². The maximum Gasteiger partial charge on any atom is 0.269 e. The largest absolute Gasteiger partial charge is 0.494 e. The number of carbonyl (C=O) groups is 2. The molecule has 0 heterocycles. The van der Waals surface area contributed by atoms with Crippen molar-refractivity contribution in [2.24, 2.45) is 0 Å². The molecule has 0 aliphatic heterocycles. The van der Waals surface area contributed by atoms with Crippen molar-refractivity contribution in [1.29, 1.82) is 0 Å². The third-order valence-electron chi connectivity index (χ3n) is 4.45. The first kappa shape index (κ1) is 24.2. The number of hydrogen-bond donors (Lipinski definition) is 3. The molecule has 168 valence electrons. The molecule has 2 aromatic rings. The van der Waals surface area contributed by atoms with E-state index in [1.807, 2.05) is 0 Å². The van der Waals surface area contributed by atoms with Crippen molar-refractivity contribution >= 4 is 27.5 Å². The summed E-state index contributed by atoms with van der Waals surface area (Å²) in [5.74, 6) is -0.450. The molecule has 0 aliphatic carbocycles. The van der Waals surface area contributed by atoms with Crippen molar-refractivity contribution in [1.82, 2.24) is 10.9 Å². The summed E-state index contributed by atoms with van der Waals surface area (Å²) in [6, 6.07) is 12.6. The fourth-order valence-corrected chi connectivity index (χ4v) is 3.29. The van der Waals surface area contributed by atoms with Crippen LogP contribution in [0.4, 0.5) is 5.69 Å². The van der Waals surface area contributed by atoms with Gasteiger partial charge in [0.2, 0.25) is 10.0 Å². The molecule has 9 heteroatoms. The summed E-state index contributed by atoms with van der Waals surface area (Å²) in [6.07, 6.45) is 4.48. The van der Waals surface area contributed by atoms with Gasteiger partial charge in [-0.25, -0.2) is 8.42 Å². The van der Waals surface area contributed by atoms with Gasteiger partial charge in [-0.3, -0.25) is 25.2 Å². The van der Waals surface area contributed by atoms with Crippen LogP contribution in [0.1, 0.15) is 60.2 Å². The van der Waals surface area contributed by atoms with Crippen LogP contribution < -0.4 is 20.3 Å². The lowest BCUT2D eigenvalue weighted by Crippen LogP contribution is -2.41. The topological polar surface area (TPSA) is 114 Å². The first-order valence-corrected chi connectivity index (χ1v) is 11.9. The molecule has 2 aromatic carbocycles. The predicted octanol–water partition coefficient (Wildman–Crippen LogP) is 3.48. The number of carbonyl (C=O) groups excluding carboxylic acids is 2. The van der Waals surface area contributed by atoms with Crippen LogP contribution in [0.2, 0.25) is 0 Å². The molecule has 0 unspecified atom stereocenters. The first-order valence-electron chi connectivity index (χ1n) is 10.3. The highest BCUT2D eigenvalue weighted by molar-refractivity contribution is 7.92. The molecule has 0 bridgehead atoms. The van der Waals surface area contributed by atoms with Crippen LogP contribution in [-0.4, -0.2) is 32.6 Å². The molecule has 0 saturated heterocycles. The standard InChI is InChI=1S/C22H29N3O5S/c1-3-5-6-7-15-30-20-13-11-17(12-14-20)21(26)23-24-22(27)18-9-8-10-19(16-18)25-31(28,29)4-2/h8-14,16,25H,3-7,15H2,1-2H3,(H,23,26)(H,24,27). The van der Waals surface area contributed by atoms with Gasteiger partial charge in [0.05, 0.1) is 12.4 Å². The SMILES string of the molecule is CCCCCCOc1ccc(C(=O)NNC(=O)c2cccc(NS(=O)(=O)CC)c2)cc1. The molecule has 0 radical (unpaired) electrons. The van der Waals surface area contributed by atoms with E-state index in [9.17, 15) is 18.0 Å². The molecule has 2 rings (SSSR count). The Hall–Kier alpha value is -3.07. The highest BCUT2D eigenvalue weighted by Crippen LogP contribution is 2.14. The molecule has 0 aromatic heterocycles. The van der Waals surface area contributed by atoms with Crippen LogP contribution in [0, 0.1) is 0 Å². The molecule has 31 heavy (non-hydrogen) atoms. The maximum absolute atomic E-state index is 12.3. The Kier molecular flexibility index (Phi) is 9.33. The smallest absolute Gasteiger partial charge is 0.269 e. The lowest BCUT2D eigenvalue weighted by molar-refractivity contribution is 0.0846. The van der Waals surface area contributed by atoms with Crippen molar-refractivity contribution in [3.8, 4) is 5.75 Å². The molecule has 8 nitrogen and oxygen atoms in total. The fourth-order valence-electron chi connectivity index (χ4n) is 2.65. The number of hydrogen-bond acceptors (Lipinski definition) is 5. The third kappa shape index (κ3) is 8.29. The van der Waals surface area contributed by atoms with Crippen LogP contribution >= 0.6 is 0 Å². The molecule has 0 aliphatic rings. The molecule has 0 fully saturated rings. The Balaban J connectivity index is 1.86. The number of unbranched alkanes of at least 4 members (excludes halogenated alkanes) is 3. The van der Waals surface area contributed by atoms with Crippen LogP contribution in [-0.2, 0) is 10.0 Å². The number of ether oxygens (including phenoxy) is 1. The number of amides is 2. The maximum atomic E-state index is 12.3. The molecule has 3 N–H and O–H groups in total. The summed E-state index contributed by atoms with van der Waals surface area (Å²) in [5, 5.41) is 0. The second-order valence-corrected chi connectivity index (χ2v) is 8.94. The Morgan fingerprint density at radius 1 is 0.871 bits per heavy atom. The monoisotopic (exact) mass is 447 g/mol. The second kappa shape index (κ2) is 11.9. The minimum Gasteiger partial charge on any atom is -0.494 e. The van der Waals surface area contributed by atoms with Crippen molar-refractivity contribution in [2.45, 2.75) is 39.5 Å². The average molecular weight is 448 g/mol.